The summed E-state index contributed by atoms with van der Waals surface area (Å²) in [6, 6.07) is -0.00277. The van der Waals surface area contributed by atoms with E-state index in [2.05, 4.69) is 17.1 Å². The second kappa shape index (κ2) is 7.66. The minimum atomic E-state index is -0.224. The number of thiocarbonyl (C=S) groups is 1. The molecule has 0 bridgehead atoms. The van der Waals surface area contributed by atoms with E-state index >= 15 is 0 Å². The van der Waals surface area contributed by atoms with Crippen molar-refractivity contribution in [1.82, 2.24) is 10.2 Å². The Morgan fingerprint density at radius 2 is 2.33 bits per heavy atom. The van der Waals surface area contributed by atoms with Gasteiger partial charge >= 0.3 is 0 Å². The second-order valence-corrected chi connectivity index (χ2v) is 4.98. The number of nitrogens with zero attached hydrogens (tertiary/aromatic N) is 1. The number of carbonyl (C=O) groups excluding carboxylic acids is 1. The first kappa shape index (κ1) is 15.3. The van der Waals surface area contributed by atoms with Gasteiger partial charge in [0.2, 0.25) is 5.91 Å². The van der Waals surface area contributed by atoms with Gasteiger partial charge in [-0.05, 0) is 13.3 Å². The Morgan fingerprint density at radius 3 is 2.89 bits per heavy atom. The Hall–Kier alpha value is -0.720. The summed E-state index contributed by atoms with van der Waals surface area (Å²) in [5.74, 6) is 0.0265. The number of morpholine rings is 1. The summed E-state index contributed by atoms with van der Waals surface area (Å²) in [5, 5.41) is 2.85. The van der Waals surface area contributed by atoms with Crippen molar-refractivity contribution in [2.45, 2.75) is 38.8 Å². The molecule has 104 valence electrons. The summed E-state index contributed by atoms with van der Waals surface area (Å²) < 4.78 is 5.41. The summed E-state index contributed by atoms with van der Waals surface area (Å²) in [4.78, 5) is 14.7. The van der Waals surface area contributed by atoms with Crippen LogP contribution in [0.15, 0.2) is 0 Å². The highest BCUT2D eigenvalue weighted by Crippen LogP contribution is 2.16. The quantitative estimate of drug-likeness (QED) is 0.680. The molecule has 1 amide bonds. The van der Waals surface area contributed by atoms with Crippen molar-refractivity contribution in [1.29, 1.82) is 0 Å². The normalized spacial score (nSPS) is 22.4. The zero-order valence-corrected chi connectivity index (χ0v) is 12.0. The molecule has 0 saturated carbocycles. The van der Waals surface area contributed by atoms with Gasteiger partial charge in [-0.2, -0.15) is 0 Å². The molecule has 5 nitrogen and oxygen atoms in total. The van der Waals surface area contributed by atoms with Gasteiger partial charge in [-0.3, -0.25) is 9.69 Å². The zero-order chi connectivity index (χ0) is 13.5. The van der Waals surface area contributed by atoms with E-state index in [0.29, 0.717) is 31.2 Å². The SMILES string of the molecule is CCNC(=O)C1COCCN1C(CC)CC(N)=S. The number of hydrogen-bond acceptors (Lipinski definition) is 4. The lowest BCUT2D eigenvalue weighted by Crippen LogP contribution is -2.57. The maximum Gasteiger partial charge on any atom is 0.239 e. The minimum Gasteiger partial charge on any atom is -0.393 e. The first-order chi connectivity index (χ1) is 8.60. The van der Waals surface area contributed by atoms with Crippen LogP contribution >= 0.6 is 12.2 Å². The lowest BCUT2D eigenvalue weighted by molar-refractivity contribution is -0.134. The van der Waals surface area contributed by atoms with Gasteiger partial charge in [0.25, 0.3) is 0 Å². The third-order valence-corrected chi connectivity index (χ3v) is 3.37. The number of nitrogens with two attached hydrogens (primary N) is 1. The molecule has 1 aliphatic rings. The molecule has 0 spiro atoms. The average Bonchev–Trinajstić information content (AvgIpc) is 2.36. The molecule has 1 aliphatic heterocycles. The average molecular weight is 273 g/mol. The van der Waals surface area contributed by atoms with Crippen molar-refractivity contribution in [2.24, 2.45) is 5.73 Å². The van der Waals surface area contributed by atoms with E-state index in [9.17, 15) is 4.79 Å². The van der Waals surface area contributed by atoms with Crippen molar-refractivity contribution < 1.29 is 9.53 Å². The molecule has 1 heterocycles. The fraction of sp³-hybridized carbons (Fsp3) is 0.833. The van der Waals surface area contributed by atoms with Gasteiger partial charge in [0.15, 0.2) is 0 Å². The lowest BCUT2D eigenvalue weighted by atomic mass is 10.0. The molecule has 2 unspecified atom stereocenters. The van der Waals surface area contributed by atoms with Gasteiger partial charge < -0.3 is 15.8 Å². The van der Waals surface area contributed by atoms with Crippen LogP contribution in [0, 0.1) is 0 Å². The number of nitrogens with one attached hydrogen (secondary N) is 1. The van der Waals surface area contributed by atoms with Crippen LogP contribution in [0.4, 0.5) is 0 Å². The fourth-order valence-electron chi connectivity index (χ4n) is 2.30. The molecular formula is C12H23N3O2S. The van der Waals surface area contributed by atoms with Gasteiger partial charge in [0.05, 0.1) is 18.2 Å². The Bertz CT molecular complexity index is 299. The number of carbonyl (C=O) groups is 1. The topological polar surface area (TPSA) is 67.6 Å². The predicted octanol–water partition coefficient (Wildman–Crippen LogP) is 0.278. The van der Waals surface area contributed by atoms with E-state index in [1.165, 1.54) is 0 Å². The predicted molar refractivity (Wildman–Crippen MR) is 75.5 cm³/mol. The van der Waals surface area contributed by atoms with Crippen molar-refractivity contribution in [3.63, 3.8) is 0 Å². The highest BCUT2D eigenvalue weighted by Gasteiger charge is 2.33. The molecule has 1 rings (SSSR count). The smallest absolute Gasteiger partial charge is 0.239 e. The van der Waals surface area contributed by atoms with Crippen molar-refractivity contribution in [2.75, 3.05) is 26.3 Å². The lowest BCUT2D eigenvalue weighted by Gasteiger charge is -2.39. The molecule has 2 atom stereocenters. The molecule has 1 saturated heterocycles. The highest BCUT2D eigenvalue weighted by atomic mass is 32.1. The summed E-state index contributed by atoms with van der Waals surface area (Å²) in [5.41, 5.74) is 5.63. The fourth-order valence-corrected chi connectivity index (χ4v) is 2.49. The van der Waals surface area contributed by atoms with Gasteiger partial charge in [0, 0.05) is 25.6 Å². The first-order valence-corrected chi connectivity index (χ1v) is 6.90. The van der Waals surface area contributed by atoms with Crippen LogP contribution in [0.25, 0.3) is 0 Å². The van der Waals surface area contributed by atoms with E-state index in [4.69, 9.17) is 22.7 Å². The van der Waals surface area contributed by atoms with Crippen LogP contribution in [-0.2, 0) is 9.53 Å². The van der Waals surface area contributed by atoms with Gasteiger partial charge in [-0.1, -0.05) is 19.1 Å². The Kier molecular flexibility index (Phi) is 6.52. The Labute approximate surface area is 114 Å². The molecule has 18 heavy (non-hydrogen) atoms. The molecule has 1 fully saturated rings. The van der Waals surface area contributed by atoms with Crippen LogP contribution in [0.3, 0.4) is 0 Å². The number of hydrogen-bond donors (Lipinski definition) is 2. The van der Waals surface area contributed by atoms with Crippen LogP contribution in [0.1, 0.15) is 26.7 Å². The Morgan fingerprint density at radius 1 is 1.61 bits per heavy atom. The standard InChI is InChI=1S/C12H23N3O2S/c1-3-9(7-11(13)18)15-5-6-17-8-10(15)12(16)14-4-2/h9-10H,3-8H2,1-2H3,(H2,13,18)(H,14,16). The van der Waals surface area contributed by atoms with Crippen molar-refractivity contribution in [3.05, 3.63) is 0 Å². The van der Waals surface area contributed by atoms with Crippen molar-refractivity contribution in [3.8, 4) is 0 Å². The molecule has 0 aromatic heterocycles. The van der Waals surface area contributed by atoms with Gasteiger partial charge in [-0.15, -0.1) is 0 Å². The minimum absolute atomic E-state index is 0.0265. The van der Waals surface area contributed by atoms with E-state index < -0.39 is 0 Å². The molecule has 0 radical (unpaired) electrons. The van der Waals surface area contributed by atoms with Crippen LogP contribution in [0.2, 0.25) is 0 Å². The summed E-state index contributed by atoms with van der Waals surface area (Å²) >= 11 is 4.98. The monoisotopic (exact) mass is 273 g/mol. The number of ether oxygens (including phenoxy) is 1. The van der Waals surface area contributed by atoms with Crippen molar-refractivity contribution >= 4 is 23.1 Å². The van der Waals surface area contributed by atoms with E-state index in [1.807, 2.05) is 6.92 Å². The number of amides is 1. The molecule has 6 heteroatoms. The first-order valence-electron chi connectivity index (χ1n) is 6.49. The Balaban J connectivity index is 2.73. The molecule has 0 aliphatic carbocycles. The molecule has 0 aromatic rings. The largest absolute Gasteiger partial charge is 0.393 e. The van der Waals surface area contributed by atoms with Gasteiger partial charge in [-0.25, -0.2) is 0 Å². The maximum atomic E-state index is 12.0. The molecular weight excluding hydrogens is 250 g/mol. The zero-order valence-electron chi connectivity index (χ0n) is 11.1. The van der Waals surface area contributed by atoms with E-state index in [-0.39, 0.29) is 18.0 Å². The van der Waals surface area contributed by atoms with Crippen LogP contribution < -0.4 is 11.1 Å². The summed E-state index contributed by atoms with van der Waals surface area (Å²) in [7, 11) is 0. The third kappa shape index (κ3) is 4.19. The van der Waals surface area contributed by atoms with E-state index in [1.54, 1.807) is 0 Å². The summed E-state index contributed by atoms with van der Waals surface area (Å²) in [6.07, 6.45) is 1.58. The second-order valence-electron chi connectivity index (χ2n) is 4.46. The maximum absolute atomic E-state index is 12.0. The molecule has 3 N–H and O–H groups in total. The number of likely N-dealkylation sites (N-methyl/N-ethyl adjacent to an activating group) is 1. The third-order valence-electron chi connectivity index (χ3n) is 3.20. The highest BCUT2D eigenvalue weighted by molar-refractivity contribution is 7.80. The van der Waals surface area contributed by atoms with Gasteiger partial charge in [0.1, 0.15) is 6.04 Å². The summed E-state index contributed by atoms with van der Waals surface area (Å²) in [6.45, 7) is 6.49. The van der Waals surface area contributed by atoms with Crippen LogP contribution in [-0.4, -0.2) is 54.2 Å². The van der Waals surface area contributed by atoms with E-state index in [0.717, 1.165) is 13.0 Å². The van der Waals surface area contributed by atoms with Crippen LogP contribution in [0.5, 0.6) is 0 Å². The number of rotatable bonds is 6. The molecule has 0 aromatic carbocycles.